The van der Waals surface area contributed by atoms with Gasteiger partial charge < -0.3 is 20.0 Å². The topological polar surface area (TPSA) is 89.1 Å². The van der Waals surface area contributed by atoms with Crippen molar-refractivity contribution < 1.29 is 14.4 Å². The Labute approximate surface area is 225 Å². The number of hydrogen-bond acceptors (Lipinski definition) is 5. The van der Waals surface area contributed by atoms with Crippen LogP contribution in [0.4, 0.5) is 10.6 Å². The van der Waals surface area contributed by atoms with Crippen LogP contribution in [0.15, 0.2) is 53.9 Å². The lowest BCUT2D eigenvalue weighted by Gasteiger charge is -2.35. The van der Waals surface area contributed by atoms with E-state index in [9.17, 15) is 14.4 Å². The molecule has 2 aromatic rings. The summed E-state index contributed by atoms with van der Waals surface area (Å²) in [6.45, 7) is 5.48. The summed E-state index contributed by atoms with van der Waals surface area (Å²) in [6.07, 6.45) is 1.98. The fourth-order valence-corrected chi connectivity index (χ4v) is 5.66. The SMILES string of the molecule is CCN1C(=O)N[C@H](c2ccc(Cl)cc2Cl)C2=C1CN(CCC(=O)N1CCN(c3ccccn3)CC1)C2=O. The maximum atomic E-state index is 13.5. The molecule has 1 fully saturated rings. The zero-order chi connectivity index (χ0) is 26.1. The van der Waals surface area contributed by atoms with Crippen molar-refractivity contribution in [1.29, 1.82) is 0 Å². The van der Waals surface area contributed by atoms with Gasteiger partial charge in [0.25, 0.3) is 5.91 Å². The average Bonchev–Trinajstić information content (AvgIpc) is 3.23. The lowest BCUT2D eigenvalue weighted by atomic mass is 9.95. The number of rotatable bonds is 6. The van der Waals surface area contributed by atoms with Gasteiger partial charge in [0.15, 0.2) is 0 Å². The second kappa shape index (κ2) is 10.6. The quantitative estimate of drug-likeness (QED) is 0.604. The predicted octanol–water partition coefficient (Wildman–Crippen LogP) is 3.31. The Morgan fingerprint density at radius 3 is 2.57 bits per heavy atom. The van der Waals surface area contributed by atoms with Crippen LogP contribution in [0.3, 0.4) is 0 Å². The number of pyridine rings is 1. The van der Waals surface area contributed by atoms with E-state index in [1.54, 1.807) is 34.2 Å². The van der Waals surface area contributed by atoms with Crippen molar-refractivity contribution >= 4 is 46.9 Å². The van der Waals surface area contributed by atoms with Crippen LogP contribution < -0.4 is 10.2 Å². The van der Waals surface area contributed by atoms with Crippen LogP contribution in [0.5, 0.6) is 0 Å². The summed E-state index contributed by atoms with van der Waals surface area (Å²) in [6, 6.07) is 9.85. The average molecular weight is 543 g/mol. The molecule has 11 heteroatoms. The Morgan fingerprint density at radius 1 is 1.11 bits per heavy atom. The van der Waals surface area contributed by atoms with Gasteiger partial charge in [0.05, 0.1) is 23.9 Å². The second-order valence-corrected chi connectivity index (χ2v) is 10.0. The van der Waals surface area contributed by atoms with Gasteiger partial charge in [0, 0.05) is 61.9 Å². The molecule has 194 valence electrons. The molecule has 1 saturated heterocycles. The molecule has 3 aliphatic heterocycles. The molecule has 0 bridgehead atoms. The number of likely N-dealkylation sites (N-methyl/N-ethyl adjacent to an activating group) is 1. The number of carbonyl (C=O) groups excluding carboxylic acids is 3. The fraction of sp³-hybridized carbons (Fsp3) is 0.385. The lowest BCUT2D eigenvalue weighted by Crippen LogP contribution is -2.49. The molecule has 4 heterocycles. The maximum absolute atomic E-state index is 13.5. The molecule has 1 aromatic carbocycles. The van der Waals surface area contributed by atoms with E-state index in [-0.39, 0.29) is 37.4 Å². The number of amides is 4. The maximum Gasteiger partial charge on any atom is 0.322 e. The standard InChI is InChI=1S/C26H28Cl2N6O3/c1-2-34-20-16-33(10-8-22(35)32-13-11-31(12-14-32)21-5-3-4-9-29-21)25(36)23(20)24(30-26(34)37)18-7-6-17(27)15-19(18)28/h3-7,9,15,24H,2,8,10-14,16H2,1H3,(H,30,37)/t24-/m1/s1. The second-order valence-electron chi connectivity index (χ2n) is 9.19. The highest BCUT2D eigenvalue weighted by Gasteiger charge is 2.44. The molecule has 3 aliphatic rings. The number of piperazine rings is 1. The van der Waals surface area contributed by atoms with Crippen LogP contribution >= 0.6 is 23.2 Å². The molecule has 1 N–H and O–H groups in total. The molecule has 1 aromatic heterocycles. The summed E-state index contributed by atoms with van der Waals surface area (Å²) < 4.78 is 0. The van der Waals surface area contributed by atoms with E-state index in [0.717, 1.165) is 5.82 Å². The molecule has 5 rings (SSSR count). The molecule has 9 nitrogen and oxygen atoms in total. The third kappa shape index (κ3) is 4.98. The number of carbonyl (C=O) groups is 3. The number of halogens is 2. The summed E-state index contributed by atoms with van der Waals surface area (Å²) in [5, 5.41) is 3.77. The van der Waals surface area contributed by atoms with Crippen molar-refractivity contribution in [3.63, 3.8) is 0 Å². The van der Waals surface area contributed by atoms with E-state index in [1.165, 1.54) is 0 Å². The molecule has 0 spiro atoms. The molecule has 0 aliphatic carbocycles. The van der Waals surface area contributed by atoms with Crippen LogP contribution in [0, 0.1) is 0 Å². The first-order valence-electron chi connectivity index (χ1n) is 12.4. The molecule has 0 saturated carbocycles. The number of nitrogens with one attached hydrogen (secondary N) is 1. The van der Waals surface area contributed by atoms with Crippen LogP contribution in [-0.4, -0.2) is 83.3 Å². The van der Waals surface area contributed by atoms with Crippen molar-refractivity contribution in [1.82, 2.24) is 25.0 Å². The lowest BCUT2D eigenvalue weighted by molar-refractivity contribution is -0.132. The molecule has 37 heavy (non-hydrogen) atoms. The van der Waals surface area contributed by atoms with Crippen LogP contribution in [-0.2, 0) is 9.59 Å². The number of aromatic nitrogens is 1. The Balaban J connectivity index is 1.25. The largest absolute Gasteiger partial charge is 0.353 e. The van der Waals surface area contributed by atoms with Crippen LogP contribution in [0.25, 0.3) is 0 Å². The van der Waals surface area contributed by atoms with E-state index in [2.05, 4.69) is 15.2 Å². The highest BCUT2D eigenvalue weighted by Crippen LogP contribution is 2.39. The smallest absolute Gasteiger partial charge is 0.322 e. The minimum atomic E-state index is -0.678. The number of nitrogens with zero attached hydrogens (tertiary/aromatic N) is 5. The minimum Gasteiger partial charge on any atom is -0.353 e. The number of hydrogen-bond donors (Lipinski definition) is 1. The third-order valence-electron chi connectivity index (χ3n) is 7.09. The molecular formula is C26H28Cl2N6O3. The molecule has 4 amide bonds. The van der Waals surface area contributed by atoms with Gasteiger partial charge in [-0.1, -0.05) is 35.3 Å². The van der Waals surface area contributed by atoms with Crippen LogP contribution in [0.1, 0.15) is 24.9 Å². The van der Waals surface area contributed by atoms with Crippen molar-refractivity contribution in [3.8, 4) is 0 Å². The normalized spacial score (nSPS) is 19.9. The number of urea groups is 1. The summed E-state index contributed by atoms with van der Waals surface area (Å²) in [5.74, 6) is 0.724. The molecular weight excluding hydrogens is 515 g/mol. The van der Waals surface area contributed by atoms with E-state index in [4.69, 9.17) is 23.2 Å². The fourth-order valence-electron chi connectivity index (χ4n) is 5.15. The van der Waals surface area contributed by atoms with Gasteiger partial charge >= 0.3 is 6.03 Å². The summed E-state index contributed by atoms with van der Waals surface area (Å²) in [4.78, 5) is 51.0. The Kier molecular flexibility index (Phi) is 7.26. The van der Waals surface area contributed by atoms with E-state index in [1.807, 2.05) is 30.0 Å². The van der Waals surface area contributed by atoms with Crippen molar-refractivity contribution in [2.24, 2.45) is 0 Å². The van der Waals surface area contributed by atoms with Gasteiger partial charge in [-0.25, -0.2) is 9.78 Å². The monoisotopic (exact) mass is 542 g/mol. The molecule has 1 atom stereocenters. The zero-order valence-electron chi connectivity index (χ0n) is 20.5. The summed E-state index contributed by atoms with van der Waals surface area (Å²) in [7, 11) is 0. The number of anilines is 1. The van der Waals surface area contributed by atoms with Crippen LogP contribution in [0.2, 0.25) is 10.0 Å². The van der Waals surface area contributed by atoms with Gasteiger partial charge in [-0.15, -0.1) is 0 Å². The Bertz CT molecular complexity index is 1250. The van der Waals surface area contributed by atoms with Crippen molar-refractivity contribution in [2.45, 2.75) is 19.4 Å². The summed E-state index contributed by atoms with van der Waals surface area (Å²) >= 11 is 12.5. The highest BCUT2D eigenvalue weighted by atomic mass is 35.5. The van der Waals surface area contributed by atoms with Gasteiger partial charge in [-0.05, 0) is 36.8 Å². The van der Waals surface area contributed by atoms with Gasteiger partial charge in [0.1, 0.15) is 5.82 Å². The first kappa shape index (κ1) is 25.4. The van der Waals surface area contributed by atoms with Crippen molar-refractivity contribution in [3.05, 3.63) is 69.5 Å². The Morgan fingerprint density at radius 2 is 1.89 bits per heavy atom. The zero-order valence-corrected chi connectivity index (χ0v) is 22.0. The van der Waals surface area contributed by atoms with Gasteiger partial charge in [-0.3, -0.25) is 14.5 Å². The van der Waals surface area contributed by atoms with E-state index in [0.29, 0.717) is 59.6 Å². The first-order chi connectivity index (χ1) is 17.9. The third-order valence-corrected chi connectivity index (χ3v) is 7.65. The van der Waals surface area contributed by atoms with E-state index < -0.39 is 6.04 Å². The molecule has 0 radical (unpaired) electrons. The highest BCUT2D eigenvalue weighted by molar-refractivity contribution is 6.35. The van der Waals surface area contributed by atoms with Gasteiger partial charge in [-0.2, -0.15) is 0 Å². The minimum absolute atomic E-state index is 0.0113. The predicted molar refractivity (Wildman–Crippen MR) is 141 cm³/mol. The summed E-state index contributed by atoms with van der Waals surface area (Å²) in [5.41, 5.74) is 1.76. The first-order valence-corrected chi connectivity index (χ1v) is 13.1. The number of benzene rings is 1. The van der Waals surface area contributed by atoms with E-state index >= 15 is 0 Å². The Hall–Kier alpha value is -3.30. The molecule has 0 unspecified atom stereocenters. The van der Waals surface area contributed by atoms with Crippen molar-refractivity contribution in [2.75, 3.05) is 50.7 Å². The van der Waals surface area contributed by atoms with Gasteiger partial charge in [0.2, 0.25) is 5.91 Å².